The lowest BCUT2D eigenvalue weighted by Crippen LogP contribution is -2.07. The SMILES string of the molecule is CCCCCCCCP(CCCCCCCC)CC(CC)CCCC. The molecular weight excluding hydrogens is 319 g/mol. The Balaban J connectivity index is 4.06. The van der Waals surface area contributed by atoms with Crippen LogP contribution in [0, 0.1) is 5.92 Å². The van der Waals surface area contributed by atoms with Crippen LogP contribution in [0.2, 0.25) is 0 Å². The van der Waals surface area contributed by atoms with E-state index in [0.717, 1.165) is 5.92 Å². The Kier molecular flexibility index (Phi) is 21.1. The molecule has 0 aliphatic heterocycles. The van der Waals surface area contributed by atoms with Gasteiger partial charge >= 0.3 is 0 Å². The minimum Gasteiger partial charge on any atom is -0.106 e. The van der Waals surface area contributed by atoms with E-state index in [4.69, 9.17) is 0 Å². The molecule has 0 nitrogen and oxygen atoms in total. The molecule has 0 aromatic heterocycles. The summed E-state index contributed by atoms with van der Waals surface area (Å²) < 4.78 is 0. The number of hydrogen-bond donors (Lipinski definition) is 0. The maximum atomic E-state index is 2.43. The monoisotopic (exact) mass is 370 g/mol. The third-order valence-corrected chi connectivity index (χ3v) is 8.65. The van der Waals surface area contributed by atoms with Crippen LogP contribution in [0.25, 0.3) is 0 Å². The van der Waals surface area contributed by atoms with Gasteiger partial charge in [-0.05, 0) is 37.2 Å². The van der Waals surface area contributed by atoms with Gasteiger partial charge in [0.05, 0.1) is 0 Å². The van der Waals surface area contributed by atoms with E-state index in [1.54, 1.807) is 18.5 Å². The van der Waals surface area contributed by atoms with Gasteiger partial charge in [-0.3, -0.25) is 0 Å². The third kappa shape index (κ3) is 17.6. The Morgan fingerprint density at radius 1 is 0.520 bits per heavy atom. The standard InChI is InChI=1S/C24H51P/c1-5-9-12-14-16-18-21-25(22-19-17-15-13-10-6-2)23-24(8-4)20-11-7-3/h24H,5-23H2,1-4H3. The number of hydrogen-bond acceptors (Lipinski definition) is 0. The summed E-state index contributed by atoms with van der Waals surface area (Å²) in [6.07, 6.45) is 28.1. The molecule has 0 aliphatic rings. The van der Waals surface area contributed by atoms with E-state index in [1.165, 1.54) is 103 Å². The van der Waals surface area contributed by atoms with Crippen molar-refractivity contribution in [3.05, 3.63) is 0 Å². The van der Waals surface area contributed by atoms with Gasteiger partial charge in [0.25, 0.3) is 0 Å². The van der Waals surface area contributed by atoms with Gasteiger partial charge in [-0.15, -0.1) is 7.92 Å². The van der Waals surface area contributed by atoms with Crippen molar-refractivity contribution >= 4 is 7.92 Å². The highest BCUT2D eigenvalue weighted by molar-refractivity contribution is 7.57. The van der Waals surface area contributed by atoms with Crippen LogP contribution < -0.4 is 0 Å². The molecule has 0 heterocycles. The summed E-state index contributed by atoms with van der Waals surface area (Å²) in [5.74, 6) is 1.03. The zero-order valence-corrected chi connectivity index (χ0v) is 19.4. The summed E-state index contributed by atoms with van der Waals surface area (Å²) >= 11 is 0. The van der Waals surface area contributed by atoms with Crippen molar-refractivity contribution in [2.75, 3.05) is 18.5 Å². The Hall–Kier alpha value is 0.430. The van der Waals surface area contributed by atoms with Gasteiger partial charge < -0.3 is 0 Å². The highest BCUT2D eigenvalue weighted by atomic mass is 31.1. The number of rotatable bonds is 20. The lowest BCUT2D eigenvalue weighted by molar-refractivity contribution is 0.496. The lowest BCUT2D eigenvalue weighted by Gasteiger charge is -2.24. The normalized spacial score (nSPS) is 12.8. The first kappa shape index (κ1) is 25.4. The third-order valence-electron chi connectivity index (χ3n) is 5.72. The second-order valence-corrected chi connectivity index (χ2v) is 10.9. The van der Waals surface area contributed by atoms with Gasteiger partial charge in [0, 0.05) is 0 Å². The maximum Gasteiger partial charge on any atom is -0.0297 e. The molecule has 0 aliphatic carbocycles. The maximum absolute atomic E-state index is 2.43. The Labute approximate surface area is 163 Å². The smallest absolute Gasteiger partial charge is 0.0297 e. The fourth-order valence-corrected chi connectivity index (χ4v) is 6.91. The van der Waals surface area contributed by atoms with Crippen molar-refractivity contribution in [3.63, 3.8) is 0 Å². The predicted octanol–water partition coefficient (Wildman–Crippen LogP) is 9.41. The van der Waals surface area contributed by atoms with Crippen molar-refractivity contribution in [2.24, 2.45) is 5.92 Å². The quantitative estimate of drug-likeness (QED) is 0.148. The van der Waals surface area contributed by atoms with E-state index in [1.807, 2.05) is 0 Å². The van der Waals surface area contributed by atoms with E-state index in [0.29, 0.717) is 7.92 Å². The molecule has 152 valence electrons. The highest BCUT2D eigenvalue weighted by Crippen LogP contribution is 2.42. The van der Waals surface area contributed by atoms with Crippen molar-refractivity contribution in [1.29, 1.82) is 0 Å². The number of unbranched alkanes of at least 4 members (excludes halogenated alkanes) is 11. The first-order chi connectivity index (χ1) is 12.3. The molecule has 0 radical (unpaired) electrons. The summed E-state index contributed by atoms with van der Waals surface area (Å²) in [7, 11) is 0.329. The minimum absolute atomic E-state index is 0.329. The molecule has 0 aromatic rings. The predicted molar refractivity (Wildman–Crippen MR) is 122 cm³/mol. The first-order valence-corrected chi connectivity index (χ1v) is 13.9. The van der Waals surface area contributed by atoms with Gasteiger partial charge in [0.2, 0.25) is 0 Å². The largest absolute Gasteiger partial charge is 0.106 e. The summed E-state index contributed by atoms with van der Waals surface area (Å²) in [6, 6.07) is 0. The molecule has 0 bridgehead atoms. The van der Waals surface area contributed by atoms with Gasteiger partial charge in [-0.1, -0.05) is 118 Å². The average molecular weight is 371 g/mol. The Morgan fingerprint density at radius 3 is 1.40 bits per heavy atom. The summed E-state index contributed by atoms with van der Waals surface area (Å²) in [6.45, 7) is 9.42. The van der Waals surface area contributed by atoms with Gasteiger partial charge in [0.1, 0.15) is 0 Å². The fourth-order valence-electron chi connectivity index (χ4n) is 3.81. The van der Waals surface area contributed by atoms with Crippen LogP contribution in [0.3, 0.4) is 0 Å². The highest BCUT2D eigenvalue weighted by Gasteiger charge is 2.14. The van der Waals surface area contributed by atoms with Crippen LogP contribution in [0.4, 0.5) is 0 Å². The van der Waals surface area contributed by atoms with Crippen molar-refractivity contribution in [1.82, 2.24) is 0 Å². The molecule has 25 heavy (non-hydrogen) atoms. The molecule has 0 saturated carbocycles. The van der Waals surface area contributed by atoms with E-state index < -0.39 is 0 Å². The van der Waals surface area contributed by atoms with Crippen LogP contribution in [0.1, 0.15) is 130 Å². The molecule has 0 rings (SSSR count). The minimum atomic E-state index is 0.329. The van der Waals surface area contributed by atoms with E-state index in [-0.39, 0.29) is 0 Å². The summed E-state index contributed by atoms with van der Waals surface area (Å²) in [5, 5.41) is 0. The first-order valence-electron chi connectivity index (χ1n) is 12.0. The van der Waals surface area contributed by atoms with E-state index in [9.17, 15) is 0 Å². The van der Waals surface area contributed by atoms with Gasteiger partial charge in [0.15, 0.2) is 0 Å². The van der Waals surface area contributed by atoms with Crippen LogP contribution in [-0.4, -0.2) is 18.5 Å². The van der Waals surface area contributed by atoms with Crippen molar-refractivity contribution in [2.45, 2.75) is 130 Å². The average Bonchev–Trinajstić information content (AvgIpc) is 2.63. The van der Waals surface area contributed by atoms with E-state index in [2.05, 4.69) is 27.7 Å². The van der Waals surface area contributed by atoms with Gasteiger partial charge in [-0.25, -0.2) is 0 Å². The van der Waals surface area contributed by atoms with Crippen molar-refractivity contribution < 1.29 is 0 Å². The molecule has 0 N–H and O–H groups in total. The lowest BCUT2D eigenvalue weighted by atomic mass is 10.0. The Morgan fingerprint density at radius 2 is 0.960 bits per heavy atom. The van der Waals surface area contributed by atoms with Gasteiger partial charge in [-0.2, -0.15) is 0 Å². The summed E-state index contributed by atoms with van der Waals surface area (Å²) in [5.41, 5.74) is 0. The molecule has 0 amide bonds. The second kappa shape index (κ2) is 20.7. The topological polar surface area (TPSA) is 0 Å². The van der Waals surface area contributed by atoms with Crippen molar-refractivity contribution in [3.8, 4) is 0 Å². The molecular formula is C24H51P. The molecule has 1 heteroatoms. The molecule has 0 aromatic carbocycles. The molecule has 1 atom stereocenters. The van der Waals surface area contributed by atoms with Crippen LogP contribution in [0.15, 0.2) is 0 Å². The van der Waals surface area contributed by atoms with Crippen LogP contribution in [-0.2, 0) is 0 Å². The zero-order valence-electron chi connectivity index (χ0n) is 18.5. The van der Waals surface area contributed by atoms with Crippen LogP contribution in [0.5, 0.6) is 0 Å². The van der Waals surface area contributed by atoms with Crippen LogP contribution >= 0.6 is 7.92 Å². The zero-order chi connectivity index (χ0) is 18.6. The molecule has 0 saturated heterocycles. The second-order valence-electron chi connectivity index (χ2n) is 8.25. The summed E-state index contributed by atoms with van der Waals surface area (Å²) in [4.78, 5) is 0. The Bertz CT molecular complexity index is 222. The molecule has 0 spiro atoms. The molecule has 0 fully saturated rings. The molecule has 1 unspecified atom stereocenters. The van der Waals surface area contributed by atoms with E-state index >= 15 is 0 Å². The fraction of sp³-hybridized carbons (Fsp3) is 1.00.